The summed E-state index contributed by atoms with van der Waals surface area (Å²) < 4.78 is 0. The summed E-state index contributed by atoms with van der Waals surface area (Å²) in [6.07, 6.45) is 15.1. The maximum Gasteiger partial charge on any atom is 0.327 e. The molecule has 0 aromatic rings. The van der Waals surface area contributed by atoms with Gasteiger partial charge in [0, 0.05) is 11.5 Å². The van der Waals surface area contributed by atoms with E-state index in [0.29, 0.717) is 5.75 Å². The van der Waals surface area contributed by atoms with Crippen LogP contribution in [0.5, 0.6) is 0 Å². The highest BCUT2D eigenvalue weighted by Gasteiger charge is 2.14. The Morgan fingerprint density at radius 2 is 1.55 bits per heavy atom. The predicted octanol–water partition coefficient (Wildman–Crippen LogP) is 6.75. The molecule has 0 rings (SSSR count). The molecule has 5 heteroatoms. The molecule has 3 unspecified atom stereocenters. The van der Waals surface area contributed by atoms with Crippen LogP contribution in [0.15, 0.2) is 11.6 Å². The van der Waals surface area contributed by atoms with E-state index in [1.54, 1.807) is 11.8 Å². The monoisotopic (exact) mass is 426 g/mol. The number of hydrogen-bond acceptors (Lipinski definition) is 3. The maximum atomic E-state index is 11.0. The zero-order chi connectivity index (χ0) is 22.1. The normalized spacial score (nSPS) is 15.2. The molecule has 0 aliphatic rings. The molecule has 3 N–H and O–H groups in total. The summed E-state index contributed by atoms with van der Waals surface area (Å²) in [7, 11) is 0. The minimum Gasteiger partial charge on any atom is -0.480 e. The molecule has 0 radical (unpaired) electrons. The van der Waals surface area contributed by atoms with Crippen molar-refractivity contribution in [1.82, 2.24) is 5.32 Å². The van der Waals surface area contributed by atoms with Gasteiger partial charge < -0.3 is 10.4 Å². The molecule has 0 aromatic carbocycles. The standard InChI is InChI=1S/C24H46N2O2S/c1-19(2)9-6-10-20(3)11-7-12-21(4)13-8-14-22(5)15-16-29-17-23(24(27)28)26-18-25/h15,18-21,23H,6-14,16-17H2,1-5H3,(H2,25,26)(H,27,28). The number of nitrogens with one attached hydrogen (secondary N) is 2. The van der Waals surface area contributed by atoms with Crippen molar-refractivity contribution in [2.75, 3.05) is 11.5 Å². The van der Waals surface area contributed by atoms with E-state index in [4.69, 9.17) is 10.5 Å². The van der Waals surface area contributed by atoms with E-state index >= 15 is 0 Å². The van der Waals surface area contributed by atoms with Gasteiger partial charge in [0.15, 0.2) is 0 Å². The number of aliphatic carboxylic acids is 1. The summed E-state index contributed by atoms with van der Waals surface area (Å²) in [5, 5.41) is 18.6. The molecular weight excluding hydrogens is 380 g/mol. The lowest BCUT2D eigenvalue weighted by atomic mass is 9.91. The van der Waals surface area contributed by atoms with Crippen molar-refractivity contribution in [2.24, 2.45) is 17.8 Å². The second kappa shape index (κ2) is 17.9. The van der Waals surface area contributed by atoms with Crippen molar-refractivity contribution in [2.45, 2.75) is 98.4 Å². The molecule has 0 aliphatic heterocycles. The first-order chi connectivity index (χ1) is 13.8. The van der Waals surface area contributed by atoms with E-state index in [1.807, 2.05) is 0 Å². The van der Waals surface area contributed by atoms with Crippen LogP contribution in [0, 0.1) is 23.2 Å². The van der Waals surface area contributed by atoms with E-state index in [0.717, 1.165) is 36.3 Å². The van der Waals surface area contributed by atoms with Crippen LogP contribution in [-0.4, -0.2) is 35.0 Å². The lowest BCUT2D eigenvalue weighted by Crippen LogP contribution is -2.37. The smallest absolute Gasteiger partial charge is 0.327 e. The van der Waals surface area contributed by atoms with Crippen LogP contribution in [0.2, 0.25) is 0 Å². The van der Waals surface area contributed by atoms with E-state index < -0.39 is 12.0 Å². The number of carboxylic acids is 1. The molecular formula is C24H46N2O2S. The number of hydrogen-bond donors (Lipinski definition) is 3. The first-order valence-electron chi connectivity index (χ1n) is 11.5. The van der Waals surface area contributed by atoms with Crippen LogP contribution in [-0.2, 0) is 4.79 Å². The zero-order valence-corrected chi connectivity index (χ0v) is 20.3. The van der Waals surface area contributed by atoms with Crippen LogP contribution in [0.25, 0.3) is 0 Å². The molecule has 0 aliphatic carbocycles. The van der Waals surface area contributed by atoms with Crippen molar-refractivity contribution < 1.29 is 9.90 Å². The Labute approximate surface area is 184 Å². The van der Waals surface area contributed by atoms with Crippen molar-refractivity contribution in [1.29, 1.82) is 5.41 Å². The zero-order valence-electron chi connectivity index (χ0n) is 19.5. The van der Waals surface area contributed by atoms with Crippen LogP contribution >= 0.6 is 11.8 Å². The van der Waals surface area contributed by atoms with Crippen LogP contribution < -0.4 is 5.32 Å². The fourth-order valence-corrected chi connectivity index (χ4v) is 4.50. The molecule has 0 aromatic heterocycles. The molecule has 0 saturated carbocycles. The summed E-state index contributed by atoms with van der Waals surface area (Å²) in [6.45, 7) is 11.6. The van der Waals surface area contributed by atoms with Gasteiger partial charge in [-0.05, 0) is 37.5 Å². The summed E-state index contributed by atoms with van der Waals surface area (Å²) in [5.74, 6) is 2.92. The molecule has 0 heterocycles. The lowest BCUT2D eigenvalue weighted by Gasteiger charge is -2.15. The maximum absolute atomic E-state index is 11.0. The Balaban J connectivity index is 3.78. The molecule has 3 atom stereocenters. The summed E-state index contributed by atoms with van der Waals surface area (Å²) in [4.78, 5) is 11.0. The molecule has 0 amide bonds. The predicted molar refractivity (Wildman–Crippen MR) is 129 cm³/mol. The SMILES string of the molecule is CC(=CCSCC(NC=N)C(=O)O)CCCC(C)CCCC(C)CCCC(C)C. The average Bonchev–Trinajstić information content (AvgIpc) is 2.63. The fraction of sp³-hybridized carbons (Fsp3) is 0.833. The number of thioether (sulfide) groups is 1. The largest absolute Gasteiger partial charge is 0.480 e. The van der Waals surface area contributed by atoms with Gasteiger partial charge in [-0.2, -0.15) is 11.8 Å². The third kappa shape index (κ3) is 17.6. The van der Waals surface area contributed by atoms with Gasteiger partial charge in [0.25, 0.3) is 0 Å². The summed E-state index contributed by atoms with van der Waals surface area (Å²) in [5.41, 5.74) is 1.40. The van der Waals surface area contributed by atoms with E-state index in [9.17, 15) is 4.79 Å². The third-order valence-corrected chi connectivity index (χ3v) is 6.53. The van der Waals surface area contributed by atoms with Gasteiger partial charge in [0.05, 0.1) is 6.34 Å². The minimum atomic E-state index is -0.902. The molecule has 0 fully saturated rings. The highest BCUT2D eigenvalue weighted by Crippen LogP contribution is 2.22. The highest BCUT2D eigenvalue weighted by atomic mass is 32.2. The molecule has 4 nitrogen and oxygen atoms in total. The van der Waals surface area contributed by atoms with Crippen molar-refractivity contribution in [3.8, 4) is 0 Å². The van der Waals surface area contributed by atoms with E-state index in [1.165, 1.54) is 56.9 Å². The Morgan fingerprint density at radius 3 is 2.07 bits per heavy atom. The van der Waals surface area contributed by atoms with Gasteiger partial charge in [-0.25, -0.2) is 4.79 Å². The summed E-state index contributed by atoms with van der Waals surface area (Å²) >= 11 is 1.60. The van der Waals surface area contributed by atoms with Crippen LogP contribution in [0.3, 0.4) is 0 Å². The molecule has 0 spiro atoms. The third-order valence-electron chi connectivity index (χ3n) is 5.56. The number of rotatable bonds is 19. The number of carboxylic acid groups (broad SMARTS) is 1. The van der Waals surface area contributed by atoms with Crippen molar-refractivity contribution in [3.63, 3.8) is 0 Å². The molecule has 0 bridgehead atoms. The second-order valence-electron chi connectivity index (χ2n) is 9.15. The van der Waals surface area contributed by atoms with E-state index in [-0.39, 0.29) is 0 Å². The fourth-order valence-electron chi connectivity index (χ4n) is 3.49. The van der Waals surface area contributed by atoms with Gasteiger partial charge in [-0.15, -0.1) is 0 Å². The first kappa shape index (κ1) is 28.0. The molecule has 29 heavy (non-hydrogen) atoms. The minimum absolute atomic E-state index is 0.474. The Bertz CT molecular complexity index is 466. The average molecular weight is 427 g/mol. The van der Waals surface area contributed by atoms with Crippen LogP contribution in [0.4, 0.5) is 0 Å². The van der Waals surface area contributed by atoms with Gasteiger partial charge in [-0.3, -0.25) is 5.41 Å². The molecule has 0 saturated heterocycles. The first-order valence-corrected chi connectivity index (χ1v) is 12.6. The lowest BCUT2D eigenvalue weighted by molar-refractivity contribution is -0.138. The number of allylic oxidation sites excluding steroid dienone is 1. The highest BCUT2D eigenvalue weighted by molar-refractivity contribution is 7.99. The Kier molecular flexibility index (Phi) is 17.3. The quantitative estimate of drug-likeness (QED) is 0.0923. The van der Waals surface area contributed by atoms with Gasteiger partial charge in [0.2, 0.25) is 0 Å². The van der Waals surface area contributed by atoms with Crippen molar-refractivity contribution in [3.05, 3.63) is 11.6 Å². The molecule has 170 valence electrons. The van der Waals surface area contributed by atoms with Gasteiger partial charge in [0.1, 0.15) is 6.04 Å². The second-order valence-corrected chi connectivity index (χ2v) is 10.2. The van der Waals surface area contributed by atoms with Crippen LogP contribution in [0.1, 0.15) is 92.4 Å². The summed E-state index contributed by atoms with van der Waals surface area (Å²) in [6, 6.07) is -0.676. The number of carbonyl (C=O) groups is 1. The van der Waals surface area contributed by atoms with Gasteiger partial charge in [-0.1, -0.05) is 84.3 Å². The topological polar surface area (TPSA) is 73.2 Å². The van der Waals surface area contributed by atoms with Crippen molar-refractivity contribution >= 4 is 24.1 Å². The Morgan fingerprint density at radius 1 is 1.00 bits per heavy atom. The Hall–Kier alpha value is -0.970. The van der Waals surface area contributed by atoms with E-state index in [2.05, 4.69) is 46.0 Å². The van der Waals surface area contributed by atoms with Gasteiger partial charge >= 0.3 is 5.97 Å².